The molecule has 0 saturated carbocycles. The van der Waals surface area contributed by atoms with E-state index < -0.39 is 0 Å². The quantitative estimate of drug-likeness (QED) is 0.807. The standard InChI is InChI=1S/C12H8ClIN4O/c1-18-6-8(5-15)11(17-18)16-12(19)7-2-3-10(14)9(13)4-7/h2-4,6H,1H3,(H,16,17,19). The first-order valence-electron chi connectivity index (χ1n) is 5.21. The van der Waals surface area contributed by atoms with E-state index in [1.54, 1.807) is 25.2 Å². The Hall–Kier alpha value is -1.59. The fourth-order valence-electron chi connectivity index (χ4n) is 1.48. The van der Waals surface area contributed by atoms with Gasteiger partial charge in [0.2, 0.25) is 0 Å². The maximum atomic E-state index is 12.0. The van der Waals surface area contributed by atoms with Gasteiger partial charge in [0.15, 0.2) is 5.82 Å². The van der Waals surface area contributed by atoms with Gasteiger partial charge in [-0.15, -0.1) is 0 Å². The van der Waals surface area contributed by atoms with E-state index in [0.717, 1.165) is 3.57 Å². The molecule has 5 nitrogen and oxygen atoms in total. The average molecular weight is 387 g/mol. The van der Waals surface area contributed by atoms with Crippen LogP contribution in [0.4, 0.5) is 5.82 Å². The number of nitrogens with zero attached hydrogens (tertiary/aromatic N) is 3. The number of benzene rings is 1. The van der Waals surface area contributed by atoms with Gasteiger partial charge >= 0.3 is 0 Å². The van der Waals surface area contributed by atoms with Crippen molar-refractivity contribution in [1.29, 1.82) is 5.26 Å². The second-order valence-corrected chi connectivity index (χ2v) is 5.33. The predicted molar refractivity (Wildman–Crippen MR) is 80.0 cm³/mol. The number of carbonyl (C=O) groups is 1. The third-order valence-corrected chi connectivity index (χ3v) is 3.94. The summed E-state index contributed by atoms with van der Waals surface area (Å²) in [4.78, 5) is 12.0. The molecule has 0 saturated heterocycles. The van der Waals surface area contributed by atoms with Crippen LogP contribution in [0.5, 0.6) is 0 Å². The molecule has 0 fully saturated rings. The molecule has 2 rings (SSSR count). The Bertz CT molecular complexity index is 690. The summed E-state index contributed by atoms with van der Waals surface area (Å²) in [5.74, 6) is -0.113. The van der Waals surface area contributed by atoms with Crippen molar-refractivity contribution in [3.63, 3.8) is 0 Å². The highest BCUT2D eigenvalue weighted by Gasteiger charge is 2.13. The Kier molecular flexibility index (Phi) is 4.07. The molecular formula is C12H8ClIN4O. The van der Waals surface area contributed by atoms with Gasteiger partial charge in [-0.25, -0.2) is 0 Å². The van der Waals surface area contributed by atoms with Crippen LogP contribution in [-0.2, 0) is 7.05 Å². The highest BCUT2D eigenvalue weighted by molar-refractivity contribution is 14.1. The summed E-state index contributed by atoms with van der Waals surface area (Å²) in [6, 6.07) is 6.96. The Morgan fingerprint density at radius 2 is 2.32 bits per heavy atom. The molecule has 2 aromatic rings. The molecule has 7 heteroatoms. The fraction of sp³-hybridized carbons (Fsp3) is 0.0833. The largest absolute Gasteiger partial charge is 0.304 e. The Labute approximate surface area is 128 Å². The molecule has 0 aliphatic carbocycles. The number of nitriles is 1. The van der Waals surface area contributed by atoms with Crippen molar-refractivity contribution in [2.24, 2.45) is 7.05 Å². The molecule has 1 heterocycles. The zero-order valence-electron chi connectivity index (χ0n) is 9.82. The highest BCUT2D eigenvalue weighted by Crippen LogP contribution is 2.20. The normalized spacial score (nSPS) is 10.0. The van der Waals surface area contributed by atoms with Gasteiger partial charge in [-0.05, 0) is 40.8 Å². The molecule has 1 aromatic carbocycles. The van der Waals surface area contributed by atoms with E-state index in [2.05, 4.69) is 33.0 Å². The van der Waals surface area contributed by atoms with Crippen LogP contribution < -0.4 is 5.32 Å². The summed E-state index contributed by atoms with van der Waals surface area (Å²) in [6.45, 7) is 0. The molecular weight excluding hydrogens is 379 g/mol. The summed E-state index contributed by atoms with van der Waals surface area (Å²) in [6.07, 6.45) is 1.54. The van der Waals surface area contributed by atoms with Crippen LogP contribution in [0.3, 0.4) is 0 Å². The second-order valence-electron chi connectivity index (χ2n) is 3.76. The maximum absolute atomic E-state index is 12.0. The molecule has 0 spiro atoms. The summed E-state index contributed by atoms with van der Waals surface area (Å²) in [5, 5.41) is 16.0. The second kappa shape index (κ2) is 5.59. The smallest absolute Gasteiger partial charge is 0.256 e. The van der Waals surface area contributed by atoms with Gasteiger partial charge in [0, 0.05) is 22.4 Å². The summed E-state index contributed by atoms with van der Waals surface area (Å²) >= 11 is 8.04. The number of anilines is 1. The maximum Gasteiger partial charge on any atom is 0.256 e. The average Bonchev–Trinajstić information content (AvgIpc) is 2.72. The van der Waals surface area contributed by atoms with Crippen molar-refractivity contribution >= 4 is 45.9 Å². The van der Waals surface area contributed by atoms with E-state index in [4.69, 9.17) is 16.9 Å². The summed E-state index contributed by atoms with van der Waals surface area (Å²) in [7, 11) is 1.68. The van der Waals surface area contributed by atoms with Gasteiger partial charge in [0.25, 0.3) is 5.91 Å². The van der Waals surface area contributed by atoms with E-state index >= 15 is 0 Å². The third-order valence-electron chi connectivity index (χ3n) is 2.36. The van der Waals surface area contributed by atoms with Gasteiger partial charge in [-0.3, -0.25) is 9.48 Å². The summed E-state index contributed by atoms with van der Waals surface area (Å²) in [5.41, 5.74) is 0.729. The monoisotopic (exact) mass is 386 g/mol. The molecule has 0 radical (unpaired) electrons. The van der Waals surface area contributed by atoms with Gasteiger partial charge in [-0.1, -0.05) is 11.6 Å². The number of aromatic nitrogens is 2. The zero-order chi connectivity index (χ0) is 14.0. The van der Waals surface area contributed by atoms with Crippen molar-refractivity contribution in [2.75, 3.05) is 5.32 Å². The van der Waals surface area contributed by atoms with Crippen molar-refractivity contribution in [3.05, 3.63) is 44.1 Å². The van der Waals surface area contributed by atoms with E-state index in [1.807, 2.05) is 6.07 Å². The van der Waals surface area contributed by atoms with Crippen LogP contribution >= 0.6 is 34.2 Å². The lowest BCUT2D eigenvalue weighted by molar-refractivity contribution is 0.102. The van der Waals surface area contributed by atoms with Crippen molar-refractivity contribution in [2.45, 2.75) is 0 Å². The van der Waals surface area contributed by atoms with Crippen LogP contribution in [0.15, 0.2) is 24.4 Å². The Morgan fingerprint density at radius 3 is 2.95 bits per heavy atom. The van der Waals surface area contributed by atoms with Crippen LogP contribution in [0.2, 0.25) is 5.02 Å². The minimum absolute atomic E-state index is 0.240. The van der Waals surface area contributed by atoms with Crippen molar-refractivity contribution in [1.82, 2.24) is 9.78 Å². The van der Waals surface area contributed by atoms with Crippen LogP contribution in [0.25, 0.3) is 0 Å². The molecule has 1 aromatic heterocycles. The first-order chi connectivity index (χ1) is 9.01. The van der Waals surface area contributed by atoms with Gasteiger partial charge in [0.05, 0.1) is 5.02 Å². The third kappa shape index (κ3) is 3.05. The lowest BCUT2D eigenvalue weighted by Gasteiger charge is -2.04. The van der Waals surface area contributed by atoms with Gasteiger partial charge in [-0.2, -0.15) is 10.4 Å². The molecule has 0 bridgehead atoms. The first kappa shape index (κ1) is 13.8. The summed E-state index contributed by atoms with van der Waals surface area (Å²) < 4.78 is 2.33. The van der Waals surface area contributed by atoms with Crippen molar-refractivity contribution in [3.8, 4) is 6.07 Å². The van der Waals surface area contributed by atoms with Gasteiger partial charge < -0.3 is 5.32 Å². The molecule has 1 N–H and O–H groups in total. The first-order valence-corrected chi connectivity index (χ1v) is 6.67. The number of halogens is 2. The lowest BCUT2D eigenvalue weighted by atomic mass is 10.2. The van der Waals surface area contributed by atoms with Crippen LogP contribution in [0, 0.1) is 14.9 Å². The van der Waals surface area contributed by atoms with Crippen LogP contribution in [-0.4, -0.2) is 15.7 Å². The minimum atomic E-state index is -0.353. The molecule has 19 heavy (non-hydrogen) atoms. The lowest BCUT2D eigenvalue weighted by Crippen LogP contribution is -2.13. The fourth-order valence-corrected chi connectivity index (χ4v) is 2.00. The highest BCUT2D eigenvalue weighted by atomic mass is 127. The SMILES string of the molecule is Cn1cc(C#N)c(NC(=O)c2ccc(I)c(Cl)c2)n1. The molecule has 0 aliphatic rings. The topological polar surface area (TPSA) is 70.7 Å². The molecule has 0 unspecified atom stereocenters. The molecule has 1 amide bonds. The number of carbonyl (C=O) groups excluding carboxylic acids is 1. The Morgan fingerprint density at radius 1 is 1.58 bits per heavy atom. The number of rotatable bonds is 2. The van der Waals surface area contributed by atoms with E-state index in [9.17, 15) is 4.79 Å². The zero-order valence-corrected chi connectivity index (χ0v) is 12.7. The molecule has 96 valence electrons. The Balaban J connectivity index is 2.26. The van der Waals surface area contributed by atoms with Gasteiger partial charge in [0.1, 0.15) is 11.6 Å². The predicted octanol–water partition coefficient (Wildman–Crippen LogP) is 2.80. The minimum Gasteiger partial charge on any atom is -0.304 e. The van der Waals surface area contributed by atoms with E-state index in [1.165, 1.54) is 10.9 Å². The molecule has 0 atom stereocenters. The van der Waals surface area contributed by atoms with E-state index in [0.29, 0.717) is 16.1 Å². The number of amides is 1. The number of hydrogen-bond acceptors (Lipinski definition) is 3. The van der Waals surface area contributed by atoms with Crippen molar-refractivity contribution < 1.29 is 4.79 Å². The number of aryl methyl sites for hydroxylation is 1. The van der Waals surface area contributed by atoms with E-state index in [-0.39, 0.29) is 11.7 Å². The number of nitrogens with one attached hydrogen (secondary N) is 1. The number of hydrogen-bond donors (Lipinski definition) is 1. The van der Waals surface area contributed by atoms with Crippen LogP contribution in [0.1, 0.15) is 15.9 Å². The molecule has 0 aliphatic heterocycles.